The standard InChI is InChI=1S/C22H31N3O/c1-3-7-25-21(5-1)12-20(24-25)16-26-8-4-2-6-23-22-13-17-9-18(14-22)11-19(10-17)15-22/h1,3,5,7,12,17-19,23H,2,4,6,8-11,13-16H2. The first-order chi connectivity index (χ1) is 12.8. The Balaban J connectivity index is 1.01. The monoisotopic (exact) mass is 353 g/mol. The van der Waals surface area contributed by atoms with Gasteiger partial charge in [-0.1, -0.05) is 6.07 Å². The summed E-state index contributed by atoms with van der Waals surface area (Å²) in [7, 11) is 0. The summed E-state index contributed by atoms with van der Waals surface area (Å²) in [6, 6.07) is 8.22. The van der Waals surface area contributed by atoms with Crippen molar-refractivity contribution in [2.75, 3.05) is 13.2 Å². The van der Waals surface area contributed by atoms with E-state index in [1.165, 1.54) is 44.9 Å². The van der Waals surface area contributed by atoms with Gasteiger partial charge in [-0.3, -0.25) is 0 Å². The van der Waals surface area contributed by atoms with E-state index in [0.717, 1.165) is 48.5 Å². The molecule has 4 nitrogen and oxygen atoms in total. The van der Waals surface area contributed by atoms with E-state index < -0.39 is 0 Å². The van der Waals surface area contributed by atoms with Gasteiger partial charge in [0.2, 0.25) is 0 Å². The van der Waals surface area contributed by atoms with Crippen LogP contribution in [0.25, 0.3) is 5.52 Å². The van der Waals surface area contributed by atoms with Crippen LogP contribution in [-0.4, -0.2) is 28.3 Å². The highest BCUT2D eigenvalue weighted by molar-refractivity contribution is 5.46. The van der Waals surface area contributed by atoms with Crippen LogP contribution in [0.2, 0.25) is 0 Å². The zero-order chi connectivity index (χ0) is 17.4. The first kappa shape index (κ1) is 16.8. The lowest BCUT2D eigenvalue weighted by Crippen LogP contribution is -2.58. The lowest BCUT2D eigenvalue weighted by molar-refractivity contribution is -0.0198. The third-order valence-corrected chi connectivity index (χ3v) is 6.92. The molecule has 0 saturated heterocycles. The fraction of sp³-hybridized carbons (Fsp3) is 0.682. The predicted molar refractivity (Wildman–Crippen MR) is 103 cm³/mol. The highest BCUT2D eigenvalue weighted by atomic mass is 16.5. The minimum Gasteiger partial charge on any atom is -0.375 e. The molecule has 0 aliphatic heterocycles. The van der Waals surface area contributed by atoms with E-state index in [-0.39, 0.29) is 0 Å². The molecule has 4 fully saturated rings. The van der Waals surface area contributed by atoms with Gasteiger partial charge in [-0.2, -0.15) is 5.10 Å². The van der Waals surface area contributed by atoms with Crippen LogP contribution in [0.5, 0.6) is 0 Å². The minimum atomic E-state index is 0.506. The summed E-state index contributed by atoms with van der Waals surface area (Å²) >= 11 is 0. The second-order valence-corrected chi connectivity index (χ2v) is 9.09. The highest BCUT2D eigenvalue weighted by Crippen LogP contribution is 2.55. The maximum absolute atomic E-state index is 5.84. The topological polar surface area (TPSA) is 38.6 Å². The van der Waals surface area contributed by atoms with Gasteiger partial charge in [0, 0.05) is 18.3 Å². The molecule has 4 saturated carbocycles. The van der Waals surface area contributed by atoms with Crippen molar-refractivity contribution in [3.05, 3.63) is 36.2 Å². The SMILES string of the molecule is c1ccn2nc(COCCCCNC34CC5CC(CC(C5)C3)C4)cc2c1. The molecule has 4 aliphatic rings. The zero-order valence-corrected chi connectivity index (χ0v) is 15.7. The number of ether oxygens (including phenoxy) is 1. The van der Waals surface area contributed by atoms with Gasteiger partial charge >= 0.3 is 0 Å². The van der Waals surface area contributed by atoms with Gasteiger partial charge in [0.15, 0.2) is 0 Å². The van der Waals surface area contributed by atoms with E-state index in [2.05, 4.69) is 22.5 Å². The van der Waals surface area contributed by atoms with Gasteiger partial charge in [-0.15, -0.1) is 0 Å². The maximum atomic E-state index is 5.84. The Morgan fingerprint density at radius 2 is 1.85 bits per heavy atom. The van der Waals surface area contributed by atoms with Crippen LogP contribution in [-0.2, 0) is 11.3 Å². The smallest absolute Gasteiger partial charge is 0.0906 e. The number of unbranched alkanes of at least 4 members (excludes halogenated alkanes) is 1. The minimum absolute atomic E-state index is 0.506. The average molecular weight is 354 g/mol. The van der Waals surface area contributed by atoms with Gasteiger partial charge in [0.25, 0.3) is 0 Å². The summed E-state index contributed by atoms with van der Waals surface area (Å²) in [5, 5.41) is 8.51. The second-order valence-electron chi connectivity index (χ2n) is 9.09. The summed E-state index contributed by atoms with van der Waals surface area (Å²) in [5.41, 5.74) is 2.65. The van der Waals surface area contributed by atoms with Crippen molar-refractivity contribution in [3.63, 3.8) is 0 Å². The molecule has 0 amide bonds. The number of fused-ring (bicyclic) bond motifs is 1. The number of hydrogen-bond donors (Lipinski definition) is 1. The Kier molecular flexibility index (Phi) is 4.49. The Morgan fingerprint density at radius 1 is 1.08 bits per heavy atom. The van der Waals surface area contributed by atoms with Crippen LogP contribution < -0.4 is 5.32 Å². The molecule has 2 aromatic rings. The van der Waals surface area contributed by atoms with E-state index in [9.17, 15) is 0 Å². The second kappa shape index (κ2) is 6.97. The molecule has 4 aliphatic carbocycles. The van der Waals surface area contributed by atoms with Crippen molar-refractivity contribution in [1.82, 2.24) is 14.9 Å². The molecule has 26 heavy (non-hydrogen) atoms. The Hall–Kier alpha value is -1.39. The zero-order valence-electron chi connectivity index (χ0n) is 15.7. The normalized spacial score (nSPS) is 32.5. The molecule has 0 radical (unpaired) electrons. The molecular formula is C22H31N3O. The lowest BCUT2D eigenvalue weighted by atomic mass is 9.53. The summed E-state index contributed by atoms with van der Waals surface area (Å²) in [6.45, 7) is 2.60. The van der Waals surface area contributed by atoms with Crippen molar-refractivity contribution in [1.29, 1.82) is 0 Å². The largest absolute Gasteiger partial charge is 0.375 e. The first-order valence-electron chi connectivity index (χ1n) is 10.5. The predicted octanol–water partition coefficient (Wildman–Crippen LogP) is 4.19. The molecule has 0 spiro atoms. The van der Waals surface area contributed by atoms with Crippen LogP contribution in [0.4, 0.5) is 0 Å². The van der Waals surface area contributed by atoms with Crippen molar-refractivity contribution in [3.8, 4) is 0 Å². The molecule has 6 rings (SSSR count). The van der Waals surface area contributed by atoms with E-state index in [4.69, 9.17) is 4.74 Å². The molecule has 2 aromatic heterocycles. The van der Waals surface area contributed by atoms with Crippen molar-refractivity contribution in [2.24, 2.45) is 17.8 Å². The summed E-state index contributed by atoms with van der Waals surface area (Å²) in [5.74, 6) is 3.09. The lowest BCUT2D eigenvalue weighted by Gasteiger charge is -2.57. The van der Waals surface area contributed by atoms with E-state index in [0.29, 0.717) is 12.1 Å². The number of rotatable bonds is 8. The average Bonchev–Trinajstić information content (AvgIpc) is 3.02. The summed E-state index contributed by atoms with van der Waals surface area (Å²) < 4.78 is 7.75. The summed E-state index contributed by atoms with van der Waals surface area (Å²) in [4.78, 5) is 0. The Morgan fingerprint density at radius 3 is 2.58 bits per heavy atom. The Bertz CT molecular complexity index is 684. The van der Waals surface area contributed by atoms with Crippen LogP contribution >= 0.6 is 0 Å². The van der Waals surface area contributed by atoms with Crippen molar-refractivity contribution >= 4 is 5.52 Å². The molecule has 140 valence electrons. The maximum Gasteiger partial charge on any atom is 0.0906 e. The number of nitrogens with one attached hydrogen (secondary N) is 1. The first-order valence-corrected chi connectivity index (χ1v) is 10.5. The molecule has 0 aromatic carbocycles. The number of nitrogens with zero attached hydrogens (tertiary/aromatic N) is 2. The van der Waals surface area contributed by atoms with Gasteiger partial charge in [-0.25, -0.2) is 4.52 Å². The molecular weight excluding hydrogens is 322 g/mol. The molecule has 0 unspecified atom stereocenters. The van der Waals surface area contributed by atoms with Crippen LogP contribution in [0.15, 0.2) is 30.5 Å². The van der Waals surface area contributed by atoms with Crippen LogP contribution in [0.1, 0.15) is 57.1 Å². The third-order valence-electron chi connectivity index (χ3n) is 6.92. The number of hydrogen-bond acceptors (Lipinski definition) is 3. The Labute approximate surface area is 156 Å². The van der Waals surface area contributed by atoms with E-state index in [1.807, 2.05) is 22.8 Å². The molecule has 4 bridgehead atoms. The van der Waals surface area contributed by atoms with Crippen LogP contribution in [0, 0.1) is 17.8 Å². The van der Waals surface area contributed by atoms with Gasteiger partial charge in [0.1, 0.15) is 0 Å². The van der Waals surface area contributed by atoms with Gasteiger partial charge in [-0.05, 0) is 93.9 Å². The number of aromatic nitrogens is 2. The van der Waals surface area contributed by atoms with Gasteiger partial charge in [0.05, 0.1) is 17.8 Å². The molecule has 2 heterocycles. The highest BCUT2D eigenvalue weighted by Gasteiger charge is 2.50. The van der Waals surface area contributed by atoms with Crippen LogP contribution in [0.3, 0.4) is 0 Å². The molecule has 4 heteroatoms. The fourth-order valence-corrected chi connectivity index (χ4v) is 6.25. The number of pyridine rings is 1. The van der Waals surface area contributed by atoms with E-state index in [1.54, 1.807) is 0 Å². The van der Waals surface area contributed by atoms with E-state index >= 15 is 0 Å². The quantitative estimate of drug-likeness (QED) is 0.723. The van der Waals surface area contributed by atoms with Gasteiger partial charge < -0.3 is 10.1 Å². The van der Waals surface area contributed by atoms with Crippen molar-refractivity contribution in [2.45, 2.75) is 63.5 Å². The molecule has 1 N–H and O–H groups in total. The summed E-state index contributed by atoms with van der Waals surface area (Å²) in [6.07, 6.45) is 13.2. The fourth-order valence-electron chi connectivity index (χ4n) is 6.25. The van der Waals surface area contributed by atoms with Crippen molar-refractivity contribution < 1.29 is 4.74 Å². The molecule has 0 atom stereocenters. The third kappa shape index (κ3) is 3.41.